The fraction of sp³-hybridized carbons (Fsp3) is 0.424. The van der Waals surface area contributed by atoms with Crippen molar-refractivity contribution >= 4 is 21.9 Å². The summed E-state index contributed by atoms with van der Waals surface area (Å²) in [6, 6.07) is 3.36. The molecule has 7 heteroatoms. The Labute approximate surface area is 235 Å². The lowest BCUT2D eigenvalue weighted by Crippen LogP contribution is -2.24. The second-order valence-electron chi connectivity index (χ2n) is 11.4. The van der Waals surface area contributed by atoms with Crippen molar-refractivity contribution in [1.29, 1.82) is 0 Å². The Kier molecular flexibility index (Phi) is 10.1. The Balaban J connectivity index is 1.68. The first-order valence-corrected chi connectivity index (χ1v) is 13.8. The first kappa shape index (κ1) is 30.8. The quantitative estimate of drug-likeness (QED) is 0.0889. The van der Waals surface area contributed by atoms with Crippen LogP contribution in [0.1, 0.15) is 85.1 Å². The van der Waals surface area contributed by atoms with Gasteiger partial charge in [0.05, 0.1) is 11.0 Å². The van der Waals surface area contributed by atoms with Crippen molar-refractivity contribution in [3.63, 3.8) is 0 Å². The number of phenols is 4. The number of fused-ring (bicyclic) bond motifs is 2. The van der Waals surface area contributed by atoms with Crippen LogP contribution in [-0.4, -0.2) is 31.1 Å². The van der Waals surface area contributed by atoms with Gasteiger partial charge in [0.15, 0.2) is 11.5 Å². The number of rotatable bonds is 12. The molecule has 0 fully saturated rings. The zero-order chi connectivity index (χ0) is 29.6. The molecule has 1 unspecified atom stereocenters. The second-order valence-corrected chi connectivity index (χ2v) is 11.4. The first-order chi connectivity index (χ1) is 18.8. The average molecular weight is 551 g/mol. The summed E-state index contributed by atoms with van der Waals surface area (Å²) in [5, 5.41) is 51.8. The lowest BCUT2D eigenvalue weighted by Gasteiger charge is -2.23. The van der Waals surface area contributed by atoms with Crippen LogP contribution in [-0.2, 0) is 6.42 Å². The number of allylic oxidation sites excluding steroid dienone is 6. The van der Waals surface area contributed by atoms with Crippen molar-refractivity contribution in [2.24, 2.45) is 0 Å². The fourth-order valence-corrected chi connectivity index (χ4v) is 4.89. The van der Waals surface area contributed by atoms with Gasteiger partial charge in [0.1, 0.15) is 28.1 Å². The van der Waals surface area contributed by atoms with Crippen molar-refractivity contribution in [1.82, 2.24) is 0 Å². The van der Waals surface area contributed by atoms with Crippen molar-refractivity contribution in [3.05, 3.63) is 68.9 Å². The number of phenolic OH excluding ortho intramolecular Hbond substituents is 4. The molecule has 3 rings (SSSR count). The van der Waals surface area contributed by atoms with Gasteiger partial charge < -0.3 is 29.9 Å². The summed E-state index contributed by atoms with van der Waals surface area (Å²) < 4.78 is 5.70. The van der Waals surface area contributed by atoms with Crippen LogP contribution in [0.2, 0.25) is 0 Å². The predicted molar refractivity (Wildman–Crippen MR) is 160 cm³/mol. The van der Waals surface area contributed by atoms with Gasteiger partial charge in [0.25, 0.3) is 0 Å². The largest absolute Gasteiger partial charge is 0.508 e. The molecule has 3 aromatic rings. The van der Waals surface area contributed by atoms with Gasteiger partial charge in [-0.2, -0.15) is 0 Å². The second kappa shape index (κ2) is 13.1. The Hall–Kier alpha value is -3.71. The lowest BCUT2D eigenvalue weighted by molar-refractivity contribution is 0.0432. The number of aromatic hydroxyl groups is 4. The molecule has 0 amide bonds. The minimum Gasteiger partial charge on any atom is -0.508 e. The van der Waals surface area contributed by atoms with E-state index in [0.717, 1.165) is 37.8 Å². The minimum atomic E-state index is -1.09. The third-order valence-corrected chi connectivity index (χ3v) is 7.30. The monoisotopic (exact) mass is 550 g/mol. The van der Waals surface area contributed by atoms with E-state index in [2.05, 4.69) is 45.9 Å². The van der Waals surface area contributed by atoms with Crippen LogP contribution >= 0.6 is 0 Å². The molecule has 0 aliphatic heterocycles. The standard InChI is InChI=1S/C33H42O7/c1-20(2)9-6-10-21(3)11-7-12-22(4)13-8-15-33(5,39)16-14-24-29-28(19-26(36)31(24)37)40-27-18-23(34)17-25(35)30(27)32(29)38/h9,11,13,17-19,34-37,39H,6-8,10,12,14-16H2,1-5H3/b21-11+,22-13+. The highest BCUT2D eigenvalue weighted by Gasteiger charge is 2.25. The van der Waals surface area contributed by atoms with Crippen LogP contribution in [0, 0.1) is 0 Å². The number of aryl methyl sites for hydroxylation is 1. The third-order valence-electron chi connectivity index (χ3n) is 7.30. The molecule has 7 nitrogen and oxygen atoms in total. The van der Waals surface area contributed by atoms with Gasteiger partial charge in [0, 0.05) is 23.8 Å². The molecule has 0 radical (unpaired) electrons. The van der Waals surface area contributed by atoms with E-state index in [4.69, 9.17) is 4.42 Å². The van der Waals surface area contributed by atoms with Crippen molar-refractivity contribution in [2.45, 2.75) is 91.6 Å². The van der Waals surface area contributed by atoms with Crippen LogP contribution in [0.3, 0.4) is 0 Å². The SMILES string of the molecule is CC(C)=CCC/C(C)=C/CC/C(C)=C/CCC(C)(O)CCc1c(O)c(O)cc2oc3cc(O)cc(O)c3c(=O)c12. The van der Waals surface area contributed by atoms with E-state index in [1.165, 1.54) is 22.8 Å². The molecular formula is C33H42O7. The lowest BCUT2D eigenvalue weighted by atomic mass is 9.90. The number of aliphatic hydroxyl groups is 1. The van der Waals surface area contributed by atoms with Crippen LogP contribution in [0.5, 0.6) is 23.0 Å². The minimum absolute atomic E-state index is 0.00669. The Morgan fingerprint density at radius 3 is 2.05 bits per heavy atom. The smallest absolute Gasteiger partial charge is 0.204 e. The van der Waals surface area contributed by atoms with Crippen molar-refractivity contribution < 1.29 is 29.9 Å². The number of hydrogen-bond donors (Lipinski definition) is 5. The summed E-state index contributed by atoms with van der Waals surface area (Å²) in [4.78, 5) is 13.3. The molecule has 0 saturated carbocycles. The van der Waals surface area contributed by atoms with E-state index < -0.39 is 28.3 Å². The topological polar surface area (TPSA) is 131 Å². The third kappa shape index (κ3) is 7.92. The summed E-state index contributed by atoms with van der Waals surface area (Å²) in [5.41, 5.74) is 2.41. The maximum absolute atomic E-state index is 13.3. The molecule has 2 aromatic carbocycles. The van der Waals surface area contributed by atoms with Gasteiger partial charge in [-0.15, -0.1) is 0 Å². The van der Waals surface area contributed by atoms with Gasteiger partial charge in [-0.05, 0) is 86.0 Å². The molecule has 216 valence electrons. The summed E-state index contributed by atoms with van der Waals surface area (Å²) in [6.45, 7) is 10.2. The Morgan fingerprint density at radius 1 is 0.800 bits per heavy atom. The van der Waals surface area contributed by atoms with Gasteiger partial charge in [-0.1, -0.05) is 34.9 Å². The van der Waals surface area contributed by atoms with Gasteiger partial charge in [-0.25, -0.2) is 0 Å². The van der Waals surface area contributed by atoms with E-state index >= 15 is 0 Å². The molecule has 0 aliphatic carbocycles. The van der Waals surface area contributed by atoms with E-state index in [0.29, 0.717) is 12.8 Å². The van der Waals surface area contributed by atoms with Crippen molar-refractivity contribution in [2.75, 3.05) is 0 Å². The highest BCUT2D eigenvalue weighted by Crippen LogP contribution is 2.39. The van der Waals surface area contributed by atoms with Gasteiger partial charge >= 0.3 is 0 Å². The number of hydrogen-bond acceptors (Lipinski definition) is 7. The molecule has 0 saturated heterocycles. The van der Waals surface area contributed by atoms with E-state index in [1.54, 1.807) is 6.92 Å². The highest BCUT2D eigenvalue weighted by molar-refractivity contribution is 5.96. The summed E-state index contributed by atoms with van der Waals surface area (Å²) in [7, 11) is 0. The number of benzene rings is 2. The van der Waals surface area contributed by atoms with E-state index in [9.17, 15) is 30.3 Å². The van der Waals surface area contributed by atoms with Gasteiger partial charge in [-0.3, -0.25) is 4.79 Å². The molecule has 40 heavy (non-hydrogen) atoms. The molecule has 1 atom stereocenters. The predicted octanol–water partition coefficient (Wildman–Crippen LogP) is 7.65. The maximum Gasteiger partial charge on any atom is 0.204 e. The van der Waals surface area contributed by atoms with E-state index in [1.807, 2.05) is 0 Å². The Morgan fingerprint density at radius 2 is 1.40 bits per heavy atom. The summed E-state index contributed by atoms with van der Waals surface area (Å²) in [6.07, 6.45) is 12.2. The molecule has 5 N–H and O–H groups in total. The zero-order valence-electron chi connectivity index (χ0n) is 24.2. The molecule has 1 aromatic heterocycles. The normalized spacial score (nSPS) is 14.1. The Bertz CT molecular complexity index is 1520. The highest BCUT2D eigenvalue weighted by atomic mass is 16.3. The average Bonchev–Trinajstić information content (AvgIpc) is 2.83. The fourth-order valence-electron chi connectivity index (χ4n) is 4.89. The molecule has 1 heterocycles. The molecule has 0 spiro atoms. The first-order valence-electron chi connectivity index (χ1n) is 13.8. The van der Waals surface area contributed by atoms with Crippen LogP contribution in [0.4, 0.5) is 0 Å². The van der Waals surface area contributed by atoms with Crippen LogP contribution < -0.4 is 5.43 Å². The van der Waals surface area contributed by atoms with Crippen molar-refractivity contribution in [3.8, 4) is 23.0 Å². The molecule has 0 aliphatic rings. The van der Waals surface area contributed by atoms with Gasteiger partial charge in [0.2, 0.25) is 5.43 Å². The van der Waals surface area contributed by atoms with Crippen LogP contribution in [0.25, 0.3) is 21.9 Å². The summed E-state index contributed by atoms with van der Waals surface area (Å²) >= 11 is 0. The molecular weight excluding hydrogens is 508 g/mol. The zero-order valence-corrected chi connectivity index (χ0v) is 24.2. The summed E-state index contributed by atoms with van der Waals surface area (Å²) in [5.74, 6) is -1.66. The molecule has 0 bridgehead atoms. The van der Waals surface area contributed by atoms with E-state index in [-0.39, 0.29) is 46.1 Å². The van der Waals surface area contributed by atoms with Crippen LogP contribution in [0.15, 0.2) is 62.4 Å². The maximum atomic E-state index is 13.3.